The van der Waals surface area contributed by atoms with E-state index in [4.69, 9.17) is 5.73 Å². The van der Waals surface area contributed by atoms with Crippen LogP contribution in [0.1, 0.15) is 13.3 Å². The van der Waals surface area contributed by atoms with Gasteiger partial charge in [-0.3, -0.25) is 0 Å². The molecular formula is C7H14N2. The predicted octanol–water partition coefficient (Wildman–Crippen LogP) is 0.972. The van der Waals surface area contributed by atoms with Crippen LogP contribution in [0.4, 0.5) is 0 Å². The number of nitrogens with one attached hydrogen (secondary N) is 1. The Morgan fingerprint density at radius 2 is 2.22 bits per heavy atom. The zero-order chi connectivity index (χ0) is 6.95. The fourth-order valence-electron chi connectivity index (χ4n) is 0.406. The molecule has 0 radical (unpaired) electrons. The molecule has 3 N–H and O–H groups in total. The molecule has 0 aromatic carbocycles. The van der Waals surface area contributed by atoms with Crippen molar-refractivity contribution >= 4 is 0 Å². The van der Waals surface area contributed by atoms with Gasteiger partial charge in [-0.05, 0) is 18.7 Å². The minimum atomic E-state index is 0.496. The molecule has 0 aromatic rings. The Morgan fingerprint density at radius 3 is 2.78 bits per heavy atom. The minimum Gasteiger partial charge on any atom is -0.379 e. The Balaban J connectivity index is 3.13. The first-order valence-corrected chi connectivity index (χ1v) is 3.17. The Labute approximate surface area is 56.4 Å². The van der Waals surface area contributed by atoms with Crippen molar-refractivity contribution in [3.8, 4) is 0 Å². The first kappa shape index (κ1) is 8.24. The van der Waals surface area contributed by atoms with E-state index in [1.54, 1.807) is 0 Å². The summed E-state index contributed by atoms with van der Waals surface area (Å²) in [6.45, 7) is 2.59. The fourth-order valence-corrected chi connectivity index (χ4v) is 0.406. The maximum absolute atomic E-state index is 5.16. The zero-order valence-electron chi connectivity index (χ0n) is 5.80. The van der Waals surface area contributed by atoms with Gasteiger partial charge >= 0.3 is 0 Å². The number of rotatable bonds is 4. The summed E-state index contributed by atoms with van der Waals surface area (Å²) in [4.78, 5) is 0. The lowest BCUT2D eigenvalue weighted by molar-refractivity contribution is 0.884. The van der Waals surface area contributed by atoms with Crippen molar-refractivity contribution in [2.75, 3.05) is 6.67 Å². The molecule has 0 spiro atoms. The number of nitrogens with two attached hydrogens (primary N) is 1. The second kappa shape index (κ2) is 7.24. The Morgan fingerprint density at radius 1 is 1.44 bits per heavy atom. The molecule has 0 aromatic heterocycles. The van der Waals surface area contributed by atoms with E-state index in [0.29, 0.717) is 6.67 Å². The predicted molar refractivity (Wildman–Crippen MR) is 40.8 cm³/mol. The molecule has 0 saturated heterocycles. The van der Waals surface area contributed by atoms with Gasteiger partial charge < -0.3 is 11.1 Å². The second-order valence-corrected chi connectivity index (χ2v) is 1.60. The number of allylic oxidation sites excluding steroid dienone is 3. The topological polar surface area (TPSA) is 38.0 Å². The summed E-state index contributed by atoms with van der Waals surface area (Å²) >= 11 is 0. The summed E-state index contributed by atoms with van der Waals surface area (Å²) in [5.41, 5.74) is 5.16. The quantitative estimate of drug-likeness (QED) is 0.435. The molecule has 52 valence electrons. The fraction of sp³-hybridized carbons (Fsp3) is 0.429. The molecule has 0 heterocycles. The second-order valence-electron chi connectivity index (χ2n) is 1.60. The van der Waals surface area contributed by atoms with Gasteiger partial charge in [-0.1, -0.05) is 19.1 Å². The van der Waals surface area contributed by atoms with Crippen LogP contribution in [0.5, 0.6) is 0 Å². The van der Waals surface area contributed by atoms with E-state index in [-0.39, 0.29) is 0 Å². The summed E-state index contributed by atoms with van der Waals surface area (Å²) in [6, 6.07) is 0. The van der Waals surface area contributed by atoms with Crippen molar-refractivity contribution < 1.29 is 0 Å². The molecule has 0 aliphatic heterocycles. The Kier molecular flexibility index (Phi) is 6.63. The molecule has 0 amide bonds. The highest BCUT2D eigenvalue weighted by Crippen LogP contribution is 1.78. The van der Waals surface area contributed by atoms with Gasteiger partial charge in [0.25, 0.3) is 0 Å². The molecule has 0 aliphatic rings. The van der Waals surface area contributed by atoms with Gasteiger partial charge in [-0.15, -0.1) is 0 Å². The van der Waals surface area contributed by atoms with Crippen LogP contribution in [-0.2, 0) is 0 Å². The van der Waals surface area contributed by atoms with E-state index in [0.717, 1.165) is 6.42 Å². The molecule has 0 rings (SSSR count). The van der Waals surface area contributed by atoms with Crippen LogP contribution in [0.25, 0.3) is 0 Å². The summed E-state index contributed by atoms with van der Waals surface area (Å²) in [6.07, 6.45) is 8.90. The molecule has 2 nitrogen and oxygen atoms in total. The molecule has 9 heavy (non-hydrogen) atoms. The first-order valence-electron chi connectivity index (χ1n) is 3.17. The Hall–Kier alpha value is -0.760. The van der Waals surface area contributed by atoms with Crippen LogP contribution < -0.4 is 11.1 Å². The normalized spacial score (nSPS) is 11.3. The van der Waals surface area contributed by atoms with E-state index in [9.17, 15) is 0 Å². The zero-order valence-corrected chi connectivity index (χ0v) is 5.80. The standard InChI is InChI=1S/C7H14N2/c1-2-3-4-5-6-9-7-8/h3-6,9H,2,7-8H2,1H3/b4-3-,6-5+. The van der Waals surface area contributed by atoms with Crippen molar-refractivity contribution in [1.29, 1.82) is 0 Å². The lowest BCUT2D eigenvalue weighted by atomic mass is 10.4. The van der Waals surface area contributed by atoms with Crippen molar-refractivity contribution in [2.45, 2.75) is 13.3 Å². The average molecular weight is 126 g/mol. The van der Waals surface area contributed by atoms with E-state index in [1.165, 1.54) is 0 Å². The highest BCUT2D eigenvalue weighted by Gasteiger charge is 1.63. The maximum Gasteiger partial charge on any atom is 0.0622 e. The van der Waals surface area contributed by atoms with Crippen LogP contribution in [0.2, 0.25) is 0 Å². The summed E-state index contributed by atoms with van der Waals surface area (Å²) in [5, 5.41) is 2.85. The van der Waals surface area contributed by atoms with E-state index in [1.807, 2.05) is 18.4 Å². The van der Waals surface area contributed by atoms with E-state index in [2.05, 4.69) is 18.3 Å². The summed E-state index contributed by atoms with van der Waals surface area (Å²) in [5.74, 6) is 0. The van der Waals surface area contributed by atoms with Crippen molar-refractivity contribution in [3.63, 3.8) is 0 Å². The van der Waals surface area contributed by atoms with Crippen molar-refractivity contribution in [2.24, 2.45) is 5.73 Å². The third kappa shape index (κ3) is 7.24. The number of hydrogen-bond acceptors (Lipinski definition) is 2. The van der Waals surface area contributed by atoms with Gasteiger partial charge in [0, 0.05) is 0 Å². The third-order valence-electron chi connectivity index (χ3n) is 0.815. The van der Waals surface area contributed by atoms with E-state index < -0.39 is 0 Å². The van der Waals surface area contributed by atoms with Crippen LogP contribution >= 0.6 is 0 Å². The lowest BCUT2D eigenvalue weighted by Crippen LogP contribution is -2.15. The molecule has 0 bridgehead atoms. The van der Waals surface area contributed by atoms with Crippen molar-refractivity contribution in [1.82, 2.24) is 5.32 Å². The van der Waals surface area contributed by atoms with Crippen molar-refractivity contribution in [3.05, 3.63) is 24.4 Å². The molecule has 0 saturated carbocycles. The maximum atomic E-state index is 5.16. The van der Waals surface area contributed by atoms with E-state index >= 15 is 0 Å². The molecule has 0 atom stereocenters. The minimum absolute atomic E-state index is 0.496. The molecule has 0 fully saturated rings. The first-order chi connectivity index (χ1) is 4.41. The lowest BCUT2D eigenvalue weighted by Gasteiger charge is -1.87. The highest BCUT2D eigenvalue weighted by molar-refractivity contribution is 5.00. The van der Waals surface area contributed by atoms with Gasteiger partial charge in [0.2, 0.25) is 0 Å². The van der Waals surface area contributed by atoms with Gasteiger partial charge in [0.1, 0.15) is 0 Å². The molecule has 0 aliphatic carbocycles. The Bertz CT molecular complexity index is 95.1. The highest BCUT2D eigenvalue weighted by atomic mass is 14.9. The average Bonchev–Trinajstić information content (AvgIpc) is 1.89. The van der Waals surface area contributed by atoms with Gasteiger partial charge in [-0.2, -0.15) is 0 Å². The molecule has 0 unspecified atom stereocenters. The smallest absolute Gasteiger partial charge is 0.0622 e. The number of hydrogen-bond donors (Lipinski definition) is 2. The molecular weight excluding hydrogens is 112 g/mol. The van der Waals surface area contributed by atoms with Crippen LogP contribution in [-0.4, -0.2) is 6.67 Å². The van der Waals surface area contributed by atoms with Gasteiger partial charge in [0.15, 0.2) is 0 Å². The summed E-state index contributed by atoms with van der Waals surface area (Å²) in [7, 11) is 0. The largest absolute Gasteiger partial charge is 0.379 e. The van der Waals surface area contributed by atoms with Crippen LogP contribution in [0.15, 0.2) is 24.4 Å². The molecule has 2 heteroatoms. The third-order valence-corrected chi connectivity index (χ3v) is 0.815. The van der Waals surface area contributed by atoms with Crippen LogP contribution in [0.3, 0.4) is 0 Å². The van der Waals surface area contributed by atoms with Gasteiger partial charge in [-0.25, -0.2) is 0 Å². The monoisotopic (exact) mass is 126 g/mol. The van der Waals surface area contributed by atoms with Gasteiger partial charge in [0.05, 0.1) is 6.67 Å². The SMILES string of the molecule is CC/C=C\C=C\NCN. The summed E-state index contributed by atoms with van der Waals surface area (Å²) < 4.78 is 0. The van der Waals surface area contributed by atoms with Crippen LogP contribution in [0, 0.1) is 0 Å².